The highest BCUT2D eigenvalue weighted by Crippen LogP contribution is 2.14. The van der Waals surface area contributed by atoms with Crippen LogP contribution in [0.4, 0.5) is 4.79 Å². The van der Waals surface area contributed by atoms with Crippen LogP contribution in [0.25, 0.3) is 0 Å². The predicted octanol–water partition coefficient (Wildman–Crippen LogP) is 2.54. The topological polar surface area (TPSA) is 69.7 Å². The second-order valence-corrected chi connectivity index (χ2v) is 9.56. The molecular weight excluding hydrogens is 382 g/mol. The Kier molecular flexibility index (Phi) is 6.51. The molecule has 6 nitrogen and oxygen atoms in total. The number of thiophene rings is 1. The molecule has 0 bridgehead atoms. The molecule has 3 rings (SSSR count). The Labute approximate surface area is 164 Å². The minimum absolute atomic E-state index is 0.00227. The van der Waals surface area contributed by atoms with Gasteiger partial charge in [0.1, 0.15) is 0 Å². The molecular formula is C19H25N3O3S2. The molecule has 146 valence electrons. The monoisotopic (exact) mass is 407 g/mol. The summed E-state index contributed by atoms with van der Waals surface area (Å²) in [5, 5.41) is 7.11. The first kappa shape index (κ1) is 19.9. The summed E-state index contributed by atoms with van der Waals surface area (Å²) in [5.74, 6) is -0.00227. The Morgan fingerprint density at radius 1 is 1.11 bits per heavy atom. The van der Waals surface area contributed by atoms with Crippen molar-refractivity contribution in [2.45, 2.75) is 25.1 Å². The van der Waals surface area contributed by atoms with Crippen LogP contribution in [0.2, 0.25) is 0 Å². The van der Waals surface area contributed by atoms with E-state index >= 15 is 0 Å². The Balaban J connectivity index is 1.48. The highest BCUT2D eigenvalue weighted by Gasteiger charge is 2.29. The molecule has 27 heavy (non-hydrogen) atoms. The highest BCUT2D eigenvalue weighted by molar-refractivity contribution is 7.88. The van der Waals surface area contributed by atoms with Crippen molar-refractivity contribution in [1.29, 1.82) is 0 Å². The average Bonchev–Trinajstić information content (AvgIpc) is 3.15. The standard InChI is InChI=1S/C19H25N3O3S2/c1-16(13-18-7-12-26-14-18)20-19(23)21-8-10-22(11-9-21)27(24,25)15-17-5-3-2-4-6-17/h2-7,12,14,16H,8-11,13,15H2,1H3,(H,20,23). The van der Waals surface area contributed by atoms with E-state index in [0.29, 0.717) is 26.2 Å². The maximum absolute atomic E-state index is 12.6. The summed E-state index contributed by atoms with van der Waals surface area (Å²) in [7, 11) is -3.37. The molecule has 8 heteroatoms. The van der Waals surface area contributed by atoms with Crippen LogP contribution in [-0.4, -0.2) is 55.9 Å². The van der Waals surface area contributed by atoms with Crippen molar-refractivity contribution in [2.24, 2.45) is 0 Å². The molecule has 1 atom stereocenters. The van der Waals surface area contributed by atoms with E-state index < -0.39 is 10.0 Å². The lowest BCUT2D eigenvalue weighted by Crippen LogP contribution is -2.54. The Bertz CT molecular complexity index is 830. The minimum Gasteiger partial charge on any atom is -0.335 e. The van der Waals surface area contributed by atoms with E-state index in [4.69, 9.17) is 0 Å². The minimum atomic E-state index is -3.37. The van der Waals surface area contributed by atoms with E-state index in [1.54, 1.807) is 16.2 Å². The number of hydrogen-bond acceptors (Lipinski definition) is 4. The number of amides is 2. The predicted molar refractivity (Wildman–Crippen MR) is 108 cm³/mol. The normalized spacial score (nSPS) is 16.9. The van der Waals surface area contributed by atoms with Crippen molar-refractivity contribution >= 4 is 27.4 Å². The fourth-order valence-electron chi connectivity index (χ4n) is 3.16. The molecule has 1 unspecified atom stereocenters. The number of sulfonamides is 1. The first-order chi connectivity index (χ1) is 12.9. The number of nitrogens with zero attached hydrogens (tertiary/aromatic N) is 2. The van der Waals surface area contributed by atoms with Crippen LogP contribution in [0.5, 0.6) is 0 Å². The summed E-state index contributed by atoms with van der Waals surface area (Å²) in [6, 6.07) is 11.1. The Morgan fingerprint density at radius 2 is 1.81 bits per heavy atom. The average molecular weight is 408 g/mol. The molecule has 0 saturated carbocycles. The van der Waals surface area contributed by atoms with Gasteiger partial charge in [-0.2, -0.15) is 15.6 Å². The number of hydrogen-bond donors (Lipinski definition) is 1. The lowest BCUT2D eigenvalue weighted by molar-refractivity contribution is 0.169. The third kappa shape index (κ3) is 5.54. The van der Waals surface area contributed by atoms with Gasteiger partial charge in [-0.15, -0.1) is 0 Å². The highest BCUT2D eigenvalue weighted by atomic mass is 32.2. The quantitative estimate of drug-likeness (QED) is 0.800. The zero-order chi connectivity index (χ0) is 19.3. The Hall–Kier alpha value is -1.90. The zero-order valence-electron chi connectivity index (χ0n) is 15.4. The molecule has 1 aliphatic rings. The van der Waals surface area contributed by atoms with Gasteiger partial charge in [-0.3, -0.25) is 0 Å². The molecule has 0 aliphatic carbocycles. The van der Waals surface area contributed by atoms with Gasteiger partial charge in [-0.1, -0.05) is 30.3 Å². The number of carbonyl (C=O) groups is 1. The van der Waals surface area contributed by atoms with Gasteiger partial charge in [0, 0.05) is 32.2 Å². The van der Waals surface area contributed by atoms with Gasteiger partial charge in [-0.05, 0) is 41.3 Å². The number of carbonyl (C=O) groups excluding carboxylic acids is 1. The van der Waals surface area contributed by atoms with Gasteiger partial charge in [0.2, 0.25) is 10.0 Å². The van der Waals surface area contributed by atoms with E-state index in [0.717, 1.165) is 12.0 Å². The lowest BCUT2D eigenvalue weighted by Gasteiger charge is -2.34. The number of benzene rings is 1. The van der Waals surface area contributed by atoms with Crippen LogP contribution in [0, 0.1) is 0 Å². The molecule has 1 N–H and O–H groups in total. The SMILES string of the molecule is CC(Cc1ccsc1)NC(=O)N1CCN(S(=O)(=O)Cc2ccccc2)CC1. The first-order valence-corrected chi connectivity index (χ1v) is 11.6. The summed E-state index contributed by atoms with van der Waals surface area (Å²) in [5.41, 5.74) is 1.99. The molecule has 0 spiro atoms. The second-order valence-electron chi connectivity index (χ2n) is 6.81. The maximum Gasteiger partial charge on any atom is 0.317 e. The van der Waals surface area contributed by atoms with Gasteiger partial charge < -0.3 is 10.2 Å². The third-order valence-electron chi connectivity index (χ3n) is 4.60. The molecule has 1 aromatic heterocycles. The van der Waals surface area contributed by atoms with Gasteiger partial charge in [-0.25, -0.2) is 13.2 Å². The van der Waals surface area contributed by atoms with Gasteiger partial charge in [0.15, 0.2) is 0 Å². The molecule has 2 heterocycles. The smallest absolute Gasteiger partial charge is 0.317 e. The van der Waals surface area contributed by atoms with Gasteiger partial charge >= 0.3 is 6.03 Å². The largest absolute Gasteiger partial charge is 0.335 e. The van der Waals surface area contributed by atoms with E-state index in [9.17, 15) is 13.2 Å². The molecule has 1 fully saturated rings. The number of rotatable bonds is 6. The second kappa shape index (κ2) is 8.86. The Morgan fingerprint density at radius 3 is 2.44 bits per heavy atom. The lowest BCUT2D eigenvalue weighted by atomic mass is 10.1. The summed E-state index contributed by atoms with van der Waals surface area (Å²) in [4.78, 5) is 14.1. The summed E-state index contributed by atoms with van der Waals surface area (Å²) < 4.78 is 26.7. The van der Waals surface area contributed by atoms with E-state index in [1.165, 1.54) is 9.87 Å². The van der Waals surface area contributed by atoms with Crippen molar-refractivity contribution < 1.29 is 13.2 Å². The van der Waals surface area contributed by atoms with Crippen molar-refractivity contribution in [2.75, 3.05) is 26.2 Å². The number of piperazine rings is 1. The third-order valence-corrected chi connectivity index (χ3v) is 7.19. The van der Waals surface area contributed by atoms with E-state index in [1.807, 2.05) is 42.6 Å². The fraction of sp³-hybridized carbons (Fsp3) is 0.421. The summed E-state index contributed by atoms with van der Waals surface area (Å²) in [6.07, 6.45) is 0.792. The zero-order valence-corrected chi connectivity index (χ0v) is 17.0. The summed E-state index contributed by atoms with van der Waals surface area (Å²) >= 11 is 1.65. The van der Waals surface area contributed by atoms with Crippen molar-refractivity contribution in [3.05, 3.63) is 58.3 Å². The molecule has 1 aromatic carbocycles. The molecule has 2 amide bonds. The number of urea groups is 1. The van der Waals surface area contributed by atoms with E-state index in [2.05, 4.69) is 16.8 Å². The van der Waals surface area contributed by atoms with Gasteiger partial charge in [0.05, 0.1) is 5.75 Å². The van der Waals surface area contributed by atoms with E-state index in [-0.39, 0.29) is 17.8 Å². The maximum atomic E-state index is 12.6. The van der Waals surface area contributed by atoms with Crippen molar-refractivity contribution in [3.8, 4) is 0 Å². The van der Waals surface area contributed by atoms with Crippen molar-refractivity contribution in [1.82, 2.24) is 14.5 Å². The van der Waals surface area contributed by atoms with Crippen LogP contribution in [0.15, 0.2) is 47.2 Å². The van der Waals surface area contributed by atoms with Crippen LogP contribution < -0.4 is 5.32 Å². The summed E-state index contributed by atoms with van der Waals surface area (Å²) in [6.45, 7) is 3.47. The fourth-order valence-corrected chi connectivity index (χ4v) is 5.36. The van der Waals surface area contributed by atoms with Crippen LogP contribution >= 0.6 is 11.3 Å². The molecule has 1 saturated heterocycles. The van der Waals surface area contributed by atoms with Crippen molar-refractivity contribution in [3.63, 3.8) is 0 Å². The number of nitrogens with one attached hydrogen (secondary N) is 1. The molecule has 0 radical (unpaired) electrons. The van der Waals surface area contributed by atoms with Crippen LogP contribution in [-0.2, 0) is 22.2 Å². The molecule has 2 aromatic rings. The van der Waals surface area contributed by atoms with Crippen LogP contribution in [0.1, 0.15) is 18.1 Å². The first-order valence-electron chi connectivity index (χ1n) is 9.02. The van der Waals surface area contributed by atoms with Gasteiger partial charge in [0.25, 0.3) is 0 Å². The van der Waals surface area contributed by atoms with Crippen LogP contribution in [0.3, 0.4) is 0 Å². The molecule has 1 aliphatic heterocycles.